The van der Waals surface area contributed by atoms with Gasteiger partial charge in [-0.3, -0.25) is 4.57 Å². The Kier molecular flexibility index (Phi) is 12.2. The molecule has 0 saturated heterocycles. The number of para-hydroxylation sites is 4. The van der Waals surface area contributed by atoms with E-state index in [2.05, 4.69) is 321 Å². The molecule has 2 aliphatic carbocycles. The van der Waals surface area contributed by atoms with Gasteiger partial charge in [0.1, 0.15) is 24.0 Å². The summed E-state index contributed by atoms with van der Waals surface area (Å²) in [4.78, 5) is 10.0. The number of pyridine rings is 1. The zero-order chi connectivity index (χ0) is 59.9. The lowest BCUT2D eigenvalue weighted by Crippen LogP contribution is -2.40. The summed E-state index contributed by atoms with van der Waals surface area (Å²) < 4.78 is 9.26. The number of aromatic nitrogens is 2. The van der Waals surface area contributed by atoms with Crippen molar-refractivity contribution < 1.29 is 4.74 Å². The van der Waals surface area contributed by atoms with Gasteiger partial charge in [-0.25, -0.2) is 4.98 Å². The molecule has 0 unspecified atom stereocenters. The molecule has 2 aromatic heterocycles. The molecule has 0 fully saturated rings. The van der Waals surface area contributed by atoms with E-state index in [4.69, 9.17) is 9.72 Å². The van der Waals surface area contributed by atoms with E-state index >= 15 is 0 Å². The quantitative estimate of drug-likeness (QED) is 0.159. The maximum atomic E-state index is 6.98. The molecule has 0 saturated carbocycles. The minimum absolute atomic E-state index is 0.0321. The SMILES string of the molecule is CC(C)(C)c1cc(-c2cccc(-c3cccc4c3-c3ccccc3C43c4ccccc4C(C)(C)c4ccccc43)c2N2CN(c3cccc(Oc4ccc5c6ccccc6n(-c6cc(C(C)(C)C)ccn6)c5c4)c3)c3ccccc32)cc(C(C)(C)C)c1. The molecule has 15 rings (SSSR count). The van der Waals surface area contributed by atoms with E-state index in [0.717, 1.165) is 50.8 Å². The fourth-order valence-electron chi connectivity index (χ4n) is 14.8. The zero-order valence-corrected chi connectivity index (χ0v) is 51.9. The molecule has 3 aliphatic rings. The van der Waals surface area contributed by atoms with Gasteiger partial charge in [-0.1, -0.05) is 240 Å². The fourth-order valence-corrected chi connectivity index (χ4v) is 14.8. The second-order valence-electron chi connectivity index (χ2n) is 28.0. The number of hydrogen-bond acceptors (Lipinski definition) is 4. The Morgan fingerprint density at radius 3 is 1.64 bits per heavy atom. The molecule has 0 atom stereocenters. The molecular formula is C82H74N4O. The lowest BCUT2D eigenvalue weighted by Gasteiger charge is -2.46. The van der Waals surface area contributed by atoms with Gasteiger partial charge in [-0.05, 0) is 143 Å². The number of ether oxygens (including phenoxy) is 1. The third kappa shape index (κ3) is 8.44. The van der Waals surface area contributed by atoms with Crippen LogP contribution in [-0.2, 0) is 27.1 Å². The number of fused-ring (bicyclic) bond motifs is 13. The molecule has 0 N–H and O–H groups in total. The van der Waals surface area contributed by atoms with E-state index < -0.39 is 5.41 Å². The molecule has 5 heteroatoms. The highest BCUT2D eigenvalue weighted by molar-refractivity contribution is 6.10. The Balaban J connectivity index is 0.901. The van der Waals surface area contributed by atoms with E-state index in [1.165, 1.54) is 94.5 Å². The maximum absolute atomic E-state index is 6.98. The van der Waals surface area contributed by atoms with E-state index in [-0.39, 0.29) is 21.7 Å². The molecule has 0 radical (unpaired) electrons. The van der Waals surface area contributed by atoms with Crippen LogP contribution in [0, 0.1) is 0 Å². The van der Waals surface area contributed by atoms with Gasteiger partial charge in [-0.15, -0.1) is 0 Å². The lowest BCUT2D eigenvalue weighted by molar-refractivity contribution is 0.483. The van der Waals surface area contributed by atoms with E-state index in [1.54, 1.807) is 0 Å². The maximum Gasteiger partial charge on any atom is 0.137 e. The molecule has 3 heterocycles. The number of anilines is 4. The van der Waals surface area contributed by atoms with Crippen LogP contribution in [0.4, 0.5) is 22.7 Å². The first-order chi connectivity index (χ1) is 41.8. The number of rotatable bonds is 7. The molecular weight excluding hydrogens is 1060 g/mol. The average Bonchev–Trinajstić information content (AvgIpc) is 1.58. The van der Waals surface area contributed by atoms with Gasteiger partial charge in [-0.2, -0.15) is 0 Å². The third-order valence-electron chi connectivity index (χ3n) is 19.2. The van der Waals surface area contributed by atoms with Gasteiger partial charge in [0.15, 0.2) is 0 Å². The van der Waals surface area contributed by atoms with Gasteiger partial charge < -0.3 is 14.5 Å². The summed E-state index contributed by atoms with van der Waals surface area (Å²) in [5, 5.41) is 2.33. The first kappa shape index (κ1) is 54.2. The molecule has 0 bridgehead atoms. The van der Waals surface area contributed by atoms with Crippen LogP contribution in [0.5, 0.6) is 11.5 Å². The highest BCUT2D eigenvalue weighted by Crippen LogP contribution is 2.64. The number of nitrogens with zero attached hydrogens (tertiary/aromatic N) is 4. The predicted molar refractivity (Wildman–Crippen MR) is 364 cm³/mol. The van der Waals surface area contributed by atoms with Crippen molar-refractivity contribution in [3.05, 3.63) is 287 Å². The van der Waals surface area contributed by atoms with Crippen LogP contribution >= 0.6 is 0 Å². The van der Waals surface area contributed by atoms with Gasteiger partial charge in [0.2, 0.25) is 0 Å². The van der Waals surface area contributed by atoms with Crippen molar-refractivity contribution in [3.8, 4) is 50.7 Å². The van der Waals surface area contributed by atoms with Gasteiger partial charge in [0, 0.05) is 51.3 Å². The van der Waals surface area contributed by atoms with Gasteiger partial charge in [0.05, 0.1) is 33.5 Å². The topological polar surface area (TPSA) is 33.5 Å². The lowest BCUT2D eigenvalue weighted by atomic mass is 9.55. The summed E-state index contributed by atoms with van der Waals surface area (Å²) in [6, 6.07) is 86.4. The molecule has 1 spiro atoms. The summed E-state index contributed by atoms with van der Waals surface area (Å²) in [5.74, 6) is 2.41. The summed E-state index contributed by atoms with van der Waals surface area (Å²) in [7, 11) is 0. The second-order valence-corrected chi connectivity index (χ2v) is 28.0. The average molecular weight is 1130 g/mol. The Morgan fingerprint density at radius 1 is 0.402 bits per heavy atom. The van der Waals surface area contributed by atoms with E-state index in [0.29, 0.717) is 6.67 Å². The number of benzene rings is 10. The van der Waals surface area contributed by atoms with Gasteiger partial charge >= 0.3 is 0 Å². The van der Waals surface area contributed by atoms with E-state index in [9.17, 15) is 0 Å². The van der Waals surface area contributed by atoms with Crippen LogP contribution in [0.1, 0.15) is 126 Å². The fraction of sp³-hybridized carbons (Fsp3) is 0.207. The van der Waals surface area contributed by atoms with Crippen LogP contribution in [0.15, 0.2) is 237 Å². The second kappa shape index (κ2) is 19.5. The molecule has 10 aromatic carbocycles. The standard InChI is InChI=1S/C82H74N4O/c1-78(2,3)53-43-44-83-75(48-53)86-71-38-19-13-27-60(71)61-42-41-58(50-74(61)86)87-57-26-22-25-56(49-57)84-51-85(73-40-21-20-39-72(73)84)77-59(52-45-54(79(4,5)6)47-55(46-52)80(7,8)9)29-23-31-63(77)62-30-24-37-70-76(62)64-28-12-14-32-65(64)82(70)68-35-17-15-33-66(68)81(10,11)67-34-16-18-36-69(67)82/h12-50H,51H2,1-11H3. The highest BCUT2D eigenvalue weighted by Gasteiger charge is 2.54. The van der Waals surface area contributed by atoms with Crippen LogP contribution in [0.25, 0.3) is 61.0 Å². The normalized spacial score (nSPS) is 14.7. The third-order valence-corrected chi connectivity index (χ3v) is 19.2. The summed E-state index contributed by atoms with van der Waals surface area (Å²) in [6.07, 6.45) is 1.93. The summed E-state index contributed by atoms with van der Waals surface area (Å²) in [6.45, 7) is 26.2. The summed E-state index contributed by atoms with van der Waals surface area (Å²) in [5.41, 5.74) is 25.1. The Morgan fingerprint density at radius 2 is 0.943 bits per heavy atom. The molecule has 0 amide bonds. The van der Waals surface area contributed by atoms with Crippen molar-refractivity contribution in [1.29, 1.82) is 0 Å². The monoisotopic (exact) mass is 1130 g/mol. The first-order valence-corrected chi connectivity index (χ1v) is 31.0. The van der Waals surface area contributed by atoms with Crippen molar-refractivity contribution in [2.24, 2.45) is 0 Å². The van der Waals surface area contributed by atoms with E-state index in [1.807, 2.05) is 6.20 Å². The van der Waals surface area contributed by atoms with Crippen molar-refractivity contribution >= 4 is 44.6 Å². The molecule has 12 aromatic rings. The van der Waals surface area contributed by atoms with Crippen LogP contribution in [0.3, 0.4) is 0 Å². The first-order valence-electron chi connectivity index (χ1n) is 31.0. The Hall–Kier alpha value is -9.45. The zero-order valence-electron chi connectivity index (χ0n) is 51.9. The Bertz CT molecular complexity index is 4680. The van der Waals surface area contributed by atoms with Crippen LogP contribution in [0.2, 0.25) is 0 Å². The Labute approximate surface area is 513 Å². The van der Waals surface area contributed by atoms with Crippen molar-refractivity contribution in [3.63, 3.8) is 0 Å². The smallest absolute Gasteiger partial charge is 0.137 e. The largest absolute Gasteiger partial charge is 0.457 e. The van der Waals surface area contributed by atoms with Gasteiger partial charge in [0.25, 0.3) is 0 Å². The van der Waals surface area contributed by atoms with Crippen molar-refractivity contribution in [2.45, 2.75) is 103 Å². The van der Waals surface area contributed by atoms with Crippen LogP contribution in [-0.4, -0.2) is 16.2 Å². The van der Waals surface area contributed by atoms with Crippen molar-refractivity contribution in [1.82, 2.24) is 9.55 Å². The van der Waals surface area contributed by atoms with Crippen molar-refractivity contribution in [2.75, 3.05) is 16.5 Å². The summed E-state index contributed by atoms with van der Waals surface area (Å²) >= 11 is 0. The number of hydrogen-bond donors (Lipinski definition) is 0. The van der Waals surface area contributed by atoms with Crippen LogP contribution < -0.4 is 14.5 Å². The molecule has 1 aliphatic heterocycles. The molecule has 87 heavy (non-hydrogen) atoms. The predicted octanol–water partition coefficient (Wildman–Crippen LogP) is 21.4. The minimum atomic E-state index is -0.533. The molecule has 5 nitrogen and oxygen atoms in total. The highest BCUT2D eigenvalue weighted by atomic mass is 16.5. The molecule has 428 valence electrons. The minimum Gasteiger partial charge on any atom is -0.457 e.